The maximum Gasteiger partial charge on any atom is 0.262 e. The second-order valence-corrected chi connectivity index (χ2v) is 6.52. The van der Waals surface area contributed by atoms with Gasteiger partial charge in [-0.25, -0.2) is 0 Å². The van der Waals surface area contributed by atoms with E-state index >= 15 is 0 Å². The fourth-order valence-electron chi connectivity index (χ4n) is 2.50. The fraction of sp³-hybridized carbons (Fsp3) is 0.0909. The van der Waals surface area contributed by atoms with Crippen molar-refractivity contribution in [2.24, 2.45) is 0 Å². The minimum Gasteiger partial charge on any atom is -0.484 e. The van der Waals surface area contributed by atoms with Crippen molar-refractivity contribution in [1.29, 1.82) is 0 Å². The summed E-state index contributed by atoms with van der Waals surface area (Å²) in [4.78, 5) is 24.1. The normalized spacial score (nSPS) is 10.2. The van der Waals surface area contributed by atoms with E-state index in [2.05, 4.69) is 10.6 Å². The molecule has 0 atom stereocenters. The molecule has 0 radical (unpaired) electrons. The van der Waals surface area contributed by atoms with E-state index in [0.29, 0.717) is 28.6 Å². The summed E-state index contributed by atoms with van der Waals surface area (Å²) in [5.74, 6) is 0.186. The van der Waals surface area contributed by atoms with Crippen molar-refractivity contribution in [1.82, 2.24) is 0 Å². The molecule has 0 saturated carbocycles. The van der Waals surface area contributed by atoms with Crippen LogP contribution in [-0.4, -0.2) is 18.4 Å². The first-order chi connectivity index (χ1) is 13.6. The zero-order valence-electron chi connectivity index (χ0n) is 15.0. The molecule has 3 rings (SSSR count). The molecule has 6 heteroatoms. The Hall–Kier alpha value is -3.31. The van der Waals surface area contributed by atoms with Crippen molar-refractivity contribution >= 4 is 34.8 Å². The number of carbonyl (C=O) groups excluding carboxylic acids is 2. The molecule has 0 saturated heterocycles. The van der Waals surface area contributed by atoms with E-state index < -0.39 is 0 Å². The van der Waals surface area contributed by atoms with E-state index in [1.54, 1.807) is 48.5 Å². The van der Waals surface area contributed by atoms with Crippen molar-refractivity contribution in [2.75, 3.05) is 17.2 Å². The Morgan fingerprint density at radius 2 is 1.32 bits per heavy atom. The van der Waals surface area contributed by atoms with Gasteiger partial charge in [-0.15, -0.1) is 0 Å². The number of hydrogen-bond acceptors (Lipinski definition) is 3. The summed E-state index contributed by atoms with van der Waals surface area (Å²) >= 11 is 5.81. The summed E-state index contributed by atoms with van der Waals surface area (Å²) in [6.07, 6.45) is 0.307. The van der Waals surface area contributed by atoms with Gasteiger partial charge in [-0.3, -0.25) is 9.59 Å². The van der Waals surface area contributed by atoms with E-state index in [9.17, 15) is 9.59 Å². The highest BCUT2D eigenvalue weighted by atomic mass is 35.5. The van der Waals surface area contributed by atoms with Crippen molar-refractivity contribution < 1.29 is 14.3 Å². The minimum atomic E-state index is -0.282. The molecular weight excluding hydrogens is 376 g/mol. The van der Waals surface area contributed by atoms with Crippen LogP contribution >= 0.6 is 11.6 Å². The summed E-state index contributed by atoms with van der Waals surface area (Å²) in [6, 6.07) is 23.2. The molecule has 2 amide bonds. The molecule has 0 aliphatic rings. The molecule has 0 aromatic heterocycles. The fourth-order valence-corrected chi connectivity index (χ4v) is 2.63. The third kappa shape index (κ3) is 6.14. The highest BCUT2D eigenvalue weighted by Crippen LogP contribution is 2.16. The van der Waals surface area contributed by atoms with Crippen LogP contribution in [0.15, 0.2) is 78.9 Å². The number of halogens is 1. The lowest BCUT2D eigenvalue weighted by molar-refractivity contribution is -0.118. The molecule has 5 nitrogen and oxygen atoms in total. The second kappa shape index (κ2) is 9.58. The second-order valence-electron chi connectivity index (χ2n) is 6.08. The monoisotopic (exact) mass is 394 g/mol. The van der Waals surface area contributed by atoms with E-state index in [4.69, 9.17) is 16.3 Å². The maximum atomic E-state index is 12.1. The maximum absolute atomic E-state index is 12.1. The zero-order valence-corrected chi connectivity index (χ0v) is 15.8. The molecule has 2 N–H and O–H groups in total. The quantitative estimate of drug-likeness (QED) is 0.618. The third-order valence-corrected chi connectivity index (χ3v) is 4.10. The SMILES string of the molecule is O=C(COc1ccc(Cl)cc1)Nc1ccc(NC(=O)Cc2ccccc2)cc1. The van der Waals surface area contributed by atoms with Gasteiger partial charge in [0.1, 0.15) is 5.75 Å². The molecule has 0 aliphatic carbocycles. The van der Waals surface area contributed by atoms with Crippen LogP contribution < -0.4 is 15.4 Å². The molecule has 0 fully saturated rings. The van der Waals surface area contributed by atoms with E-state index in [1.165, 1.54) is 0 Å². The van der Waals surface area contributed by atoms with Crippen LogP contribution in [0.5, 0.6) is 5.75 Å². The van der Waals surface area contributed by atoms with Crippen LogP contribution in [-0.2, 0) is 16.0 Å². The average molecular weight is 395 g/mol. The first-order valence-corrected chi connectivity index (χ1v) is 9.08. The van der Waals surface area contributed by atoms with Crippen LogP contribution in [0.3, 0.4) is 0 Å². The molecule has 3 aromatic rings. The van der Waals surface area contributed by atoms with Gasteiger partial charge in [0.25, 0.3) is 5.91 Å². The average Bonchev–Trinajstić information content (AvgIpc) is 2.70. The highest BCUT2D eigenvalue weighted by molar-refractivity contribution is 6.30. The molecular formula is C22H19ClN2O3. The van der Waals surface area contributed by atoms with Gasteiger partial charge in [-0.05, 0) is 54.1 Å². The number of carbonyl (C=O) groups is 2. The zero-order chi connectivity index (χ0) is 19.8. The summed E-state index contributed by atoms with van der Waals surface area (Å²) < 4.78 is 5.40. The number of hydrogen-bond donors (Lipinski definition) is 2. The predicted octanol–water partition coefficient (Wildman–Crippen LogP) is 4.54. The number of benzene rings is 3. The van der Waals surface area contributed by atoms with Gasteiger partial charge < -0.3 is 15.4 Å². The highest BCUT2D eigenvalue weighted by Gasteiger charge is 2.06. The number of rotatable bonds is 7. The number of amides is 2. The van der Waals surface area contributed by atoms with Crippen LogP contribution in [0.25, 0.3) is 0 Å². The Kier molecular flexibility index (Phi) is 6.65. The number of ether oxygens (including phenoxy) is 1. The number of anilines is 2. The Morgan fingerprint density at radius 1 is 0.750 bits per heavy atom. The molecule has 3 aromatic carbocycles. The van der Waals surface area contributed by atoms with Crippen molar-refractivity contribution in [3.05, 3.63) is 89.4 Å². The predicted molar refractivity (Wildman–Crippen MR) is 111 cm³/mol. The molecule has 0 heterocycles. The van der Waals surface area contributed by atoms with E-state index in [-0.39, 0.29) is 18.4 Å². The molecule has 0 aliphatic heterocycles. The minimum absolute atomic E-state index is 0.0978. The Bertz CT molecular complexity index is 926. The first kappa shape index (κ1) is 19.5. The number of nitrogens with one attached hydrogen (secondary N) is 2. The van der Waals surface area contributed by atoms with Crippen LogP contribution in [0, 0.1) is 0 Å². The van der Waals surface area contributed by atoms with Gasteiger partial charge in [0.2, 0.25) is 5.91 Å². The van der Waals surface area contributed by atoms with Crippen molar-refractivity contribution in [3.63, 3.8) is 0 Å². The summed E-state index contributed by atoms with van der Waals surface area (Å²) in [5, 5.41) is 6.18. The van der Waals surface area contributed by atoms with Crippen molar-refractivity contribution in [2.45, 2.75) is 6.42 Å². The summed E-state index contributed by atoms with van der Waals surface area (Å²) in [5.41, 5.74) is 2.23. The Labute approximate surface area is 168 Å². The lowest BCUT2D eigenvalue weighted by Crippen LogP contribution is -2.20. The molecule has 142 valence electrons. The van der Waals surface area contributed by atoms with E-state index in [0.717, 1.165) is 5.56 Å². The van der Waals surface area contributed by atoms with Gasteiger partial charge >= 0.3 is 0 Å². The van der Waals surface area contributed by atoms with Gasteiger partial charge in [0.15, 0.2) is 6.61 Å². The van der Waals surface area contributed by atoms with E-state index in [1.807, 2.05) is 30.3 Å². The Balaban J connectivity index is 1.46. The Morgan fingerprint density at radius 3 is 1.93 bits per heavy atom. The molecule has 0 spiro atoms. The smallest absolute Gasteiger partial charge is 0.262 e. The van der Waals surface area contributed by atoms with Crippen LogP contribution in [0.2, 0.25) is 5.02 Å². The lowest BCUT2D eigenvalue weighted by Gasteiger charge is -2.09. The standard InChI is InChI=1S/C22H19ClN2O3/c23-17-6-12-20(13-7-17)28-15-22(27)25-19-10-8-18(9-11-19)24-21(26)14-16-4-2-1-3-5-16/h1-13H,14-15H2,(H,24,26)(H,25,27). The third-order valence-electron chi connectivity index (χ3n) is 3.84. The first-order valence-electron chi connectivity index (χ1n) is 8.70. The van der Waals surface area contributed by atoms with Crippen LogP contribution in [0.1, 0.15) is 5.56 Å². The van der Waals surface area contributed by atoms with Gasteiger partial charge in [-0.1, -0.05) is 41.9 Å². The van der Waals surface area contributed by atoms with Gasteiger partial charge in [0, 0.05) is 16.4 Å². The summed E-state index contributed by atoms with van der Waals surface area (Å²) in [7, 11) is 0. The lowest BCUT2D eigenvalue weighted by atomic mass is 10.1. The van der Waals surface area contributed by atoms with Crippen molar-refractivity contribution in [3.8, 4) is 5.75 Å². The van der Waals surface area contributed by atoms with Gasteiger partial charge in [-0.2, -0.15) is 0 Å². The largest absolute Gasteiger partial charge is 0.484 e. The molecule has 0 bridgehead atoms. The van der Waals surface area contributed by atoms with Crippen LogP contribution in [0.4, 0.5) is 11.4 Å². The molecule has 0 unspecified atom stereocenters. The topological polar surface area (TPSA) is 67.4 Å². The van der Waals surface area contributed by atoms with Gasteiger partial charge in [0.05, 0.1) is 6.42 Å². The summed E-state index contributed by atoms with van der Waals surface area (Å²) in [6.45, 7) is -0.114. The molecule has 28 heavy (non-hydrogen) atoms.